The van der Waals surface area contributed by atoms with Crippen LogP contribution in [-0.4, -0.2) is 13.7 Å². The molecule has 1 atom stereocenters. The fourth-order valence-corrected chi connectivity index (χ4v) is 5.11. The number of rotatable bonds is 2. The van der Waals surface area contributed by atoms with E-state index in [-0.39, 0.29) is 21.5 Å². The monoisotopic (exact) mass is 485 g/mol. The molecule has 1 aliphatic heterocycles. The number of hydrogen-bond acceptors (Lipinski definition) is 4. The normalized spacial score (nSPS) is 20.7. The molecular weight excluding hydrogens is 479 g/mol. The van der Waals surface area contributed by atoms with Crippen molar-refractivity contribution in [1.29, 1.82) is 0 Å². The van der Waals surface area contributed by atoms with Gasteiger partial charge in [-0.15, -0.1) is 0 Å². The summed E-state index contributed by atoms with van der Waals surface area (Å²) in [4.78, 5) is -0.556. The molecule has 0 amide bonds. The van der Waals surface area contributed by atoms with Gasteiger partial charge in [-0.2, -0.15) is 8.78 Å². The minimum Gasteiger partial charge on any atom is -0.456 e. The maximum Gasteiger partial charge on any atom is 0.368 e. The lowest BCUT2D eigenvalue weighted by Crippen LogP contribution is -2.33. The zero-order valence-corrected chi connectivity index (χ0v) is 15.6. The van der Waals surface area contributed by atoms with Crippen molar-refractivity contribution in [3.63, 3.8) is 0 Å². The zero-order valence-electron chi connectivity index (χ0n) is 11.6. The van der Waals surface area contributed by atoms with Gasteiger partial charge in [0.2, 0.25) is 9.84 Å². The summed E-state index contributed by atoms with van der Waals surface area (Å²) in [6.45, 7) is 0. The molecule has 10 heteroatoms. The lowest BCUT2D eigenvalue weighted by molar-refractivity contribution is 0.0681. The van der Waals surface area contributed by atoms with Gasteiger partial charge in [-0.25, -0.2) is 12.8 Å². The molecule has 0 bridgehead atoms. The van der Waals surface area contributed by atoms with E-state index in [9.17, 15) is 21.6 Å². The molecule has 3 rings (SSSR count). The van der Waals surface area contributed by atoms with Gasteiger partial charge in [0.05, 0.1) is 9.37 Å². The average Bonchev–Trinajstić information content (AvgIpc) is 2.59. The average molecular weight is 487 g/mol. The molecule has 0 unspecified atom stereocenters. The number of nitrogens with two attached hydrogens (primary N) is 1. The third kappa shape index (κ3) is 2.56. The van der Waals surface area contributed by atoms with Crippen LogP contribution in [-0.2, 0) is 9.84 Å². The first-order valence-corrected chi connectivity index (χ1v) is 9.47. The van der Waals surface area contributed by atoms with Crippen LogP contribution in [0.15, 0.2) is 44.2 Å². The molecule has 1 aliphatic rings. The SMILES string of the molecule is N[C@@H]1c2c(ccc(Oc3cc(F)cc(Br)c3)c2Br)S(=O)(=O)C1(F)F. The Hall–Kier alpha value is -1.10. The first-order valence-electron chi connectivity index (χ1n) is 6.40. The largest absolute Gasteiger partial charge is 0.456 e. The Labute approximate surface area is 152 Å². The molecular formula is C14H8Br2F3NO3S. The van der Waals surface area contributed by atoms with E-state index in [1.54, 1.807) is 0 Å². The Morgan fingerprint density at radius 2 is 1.83 bits per heavy atom. The molecule has 2 N–H and O–H groups in total. The van der Waals surface area contributed by atoms with E-state index in [4.69, 9.17) is 10.5 Å². The first-order chi connectivity index (χ1) is 11.1. The summed E-state index contributed by atoms with van der Waals surface area (Å²) in [5, 5.41) is -4.11. The van der Waals surface area contributed by atoms with Crippen LogP contribution < -0.4 is 10.5 Å². The van der Waals surface area contributed by atoms with Gasteiger partial charge in [-0.3, -0.25) is 0 Å². The quantitative estimate of drug-likeness (QED) is 0.677. The molecule has 4 nitrogen and oxygen atoms in total. The number of alkyl halides is 2. The first kappa shape index (κ1) is 17.7. The fraction of sp³-hybridized carbons (Fsp3) is 0.143. The van der Waals surface area contributed by atoms with E-state index in [1.807, 2.05) is 0 Å². The van der Waals surface area contributed by atoms with Crippen LogP contribution in [0.4, 0.5) is 13.2 Å². The van der Waals surface area contributed by atoms with Gasteiger partial charge in [-0.1, -0.05) is 15.9 Å². The van der Waals surface area contributed by atoms with Gasteiger partial charge in [0.25, 0.3) is 0 Å². The Bertz CT molecular complexity index is 930. The second kappa shape index (κ2) is 5.72. The summed E-state index contributed by atoms with van der Waals surface area (Å²) in [6.07, 6.45) is 0. The van der Waals surface area contributed by atoms with Crippen molar-refractivity contribution >= 4 is 41.7 Å². The molecule has 24 heavy (non-hydrogen) atoms. The lowest BCUT2D eigenvalue weighted by atomic mass is 10.1. The highest BCUT2D eigenvalue weighted by Crippen LogP contribution is 2.52. The summed E-state index contributed by atoms with van der Waals surface area (Å²) in [5.74, 6) is -0.430. The highest BCUT2D eigenvalue weighted by Gasteiger charge is 2.60. The van der Waals surface area contributed by atoms with Crippen LogP contribution in [0, 0.1) is 5.82 Å². The third-order valence-electron chi connectivity index (χ3n) is 3.49. The van der Waals surface area contributed by atoms with Crippen molar-refractivity contribution in [3.05, 3.63) is 50.7 Å². The van der Waals surface area contributed by atoms with Crippen molar-refractivity contribution in [2.75, 3.05) is 0 Å². The van der Waals surface area contributed by atoms with E-state index in [0.717, 1.165) is 12.1 Å². The van der Waals surface area contributed by atoms with Gasteiger partial charge in [0.1, 0.15) is 23.4 Å². The van der Waals surface area contributed by atoms with Gasteiger partial charge in [0.15, 0.2) is 0 Å². The number of sulfone groups is 1. The molecule has 0 saturated carbocycles. The van der Waals surface area contributed by atoms with E-state index in [2.05, 4.69) is 31.9 Å². The van der Waals surface area contributed by atoms with Gasteiger partial charge in [-0.05, 0) is 40.2 Å². The molecule has 0 saturated heterocycles. The molecule has 2 aromatic rings. The molecule has 128 valence electrons. The predicted molar refractivity (Wildman–Crippen MR) is 87.4 cm³/mol. The predicted octanol–water partition coefficient (Wildman–Crippen LogP) is 4.52. The van der Waals surface area contributed by atoms with E-state index < -0.39 is 31.8 Å². The van der Waals surface area contributed by atoms with Gasteiger partial charge >= 0.3 is 5.25 Å². The summed E-state index contributed by atoms with van der Waals surface area (Å²) in [5.41, 5.74) is 5.16. The second-order valence-electron chi connectivity index (χ2n) is 5.04. The highest BCUT2D eigenvalue weighted by molar-refractivity contribution is 9.10. The van der Waals surface area contributed by atoms with Crippen molar-refractivity contribution in [2.45, 2.75) is 16.2 Å². The Kier molecular flexibility index (Phi) is 4.22. The maximum absolute atomic E-state index is 13.9. The minimum atomic E-state index is -4.87. The third-order valence-corrected chi connectivity index (χ3v) is 6.67. The van der Waals surface area contributed by atoms with Crippen LogP contribution in [0.25, 0.3) is 0 Å². The number of halogens is 5. The van der Waals surface area contributed by atoms with Crippen LogP contribution in [0.3, 0.4) is 0 Å². The smallest absolute Gasteiger partial charge is 0.368 e. The highest BCUT2D eigenvalue weighted by atomic mass is 79.9. The fourth-order valence-electron chi connectivity index (χ4n) is 2.35. The van der Waals surface area contributed by atoms with Crippen LogP contribution >= 0.6 is 31.9 Å². The standard InChI is InChI=1S/C14H8Br2F3NO3S/c15-6-3-7(17)5-8(4-6)23-9-1-2-10-11(12(9)16)13(20)14(18,19)24(10,21)22/h1-5,13H,20H2/t13-/m1/s1. The minimum absolute atomic E-state index is 0.0198. The van der Waals surface area contributed by atoms with Gasteiger partial charge < -0.3 is 10.5 Å². The van der Waals surface area contributed by atoms with Crippen LogP contribution in [0.2, 0.25) is 0 Å². The molecule has 0 fully saturated rings. The summed E-state index contributed by atoms with van der Waals surface area (Å²) >= 11 is 6.17. The topological polar surface area (TPSA) is 69.4 Å². The molecule has 0 radical (unpaired) electrons. The zero-order chi connectivity index (χ0) is 17.9. The van der Waals surface area contributed by atoms with Crippen LogP contribution in [0.1, 0.15) is 11.6 Å². The van der Waals surface area contributed by atoms with Crippen molar-refractivity contribution in [1.82, 2.24) is 0 Å². The van der Waals surface area contributed by atoms with E-state index >= 15 is 0 Å². The van der Waals surface area contributed by atoms with Crippen LogP contribution in [0.5, 0.6) is 11.5 Å². The Morgan fingerprint density at radius 3 is 2.46 bits per heavy atom. The summed E-state index contributed by atoms with van der Waals surface area (Å²) in [6, 6.07) is 3.94. The van der Waals surface area contributed by atoms with Crippen molar-refractivity contribution < 1.29 is 26.3 Å². The lowest BCUT2D eigenvalue weighted by Gasteiger charge is -2.15. The Morgan fingerprint density at radius 1 is 1.17 bits per heavy atom. The van der Waals surface area contributed by atoms with E-state index in [0.29, 0.717) is 4.47 Å². The molecule has 1 heterocycles. The van der Waals surface area contributed by atoms with Crippen molar-refractivity contribution in [2.24, 2.45) is 5.73 Å². The molecule has 0 aliphatic carbocycles. The van der Waals surface area contributed by atoms with Crippen molar-refractivity contribution in [3.8, 4) is 11.5 Å². The maximum atomic E-state index is 13.9. The molecule has 0 aromatic heterocycles. The summed E-state index contributed by atoms with van der Waals surface area (Å²) < 4.78 is 70.9. The second-order valence-corrected chi connectivity index (χ2v) is 8.74. The molecule has 0 spiro atoms. The Balaban J connectivity index is 2.11. The number of ether oxygens (including phenoxy) is 1. The number of fused-ring (bicyclic) bond motifs is 1. The van der Waals surface area contributed by atoms with Gasteiger partial charge in [0, 0.05) is 16.1 Å². The number of benzene rings is 2. The van der Waals surface area contributed by atoms with E-state index in [1.165, 1.54) is 18.2 Å². The molecule has 2 aromatic carbocycles. The summed E-state index contributed by atoms with van der Waals surface area (Å²) in [7, 11) is -4.87. The number of hydrogen-bond donors (Lipinski definition) is 1.